The van der Waals surface area contributed by atoms with Crippen LogP contribution in [0.15, 0.2) is 72.8 Å². The number of methoxy groups -OCH3 is 1. The van der Waals surface area contributed by atoms with Crippen molar-refractivity contribution in [1.29, 1.82) is 5.26 Å². The number of amides is 3. The predicted octanol–water partition coefficient (Wildman–Crippen LogP) is 6.17. The molecule has 0 saturated carbocycles. The minimum atomic E-state index is -0.375. The first-order chi connectivity index (χ1) is 21.9. The van der Waals surface area contributed by atoms with E-state index in [9.17, 15) is 9.59 Å². The number of anilines is 2. The van der Waals surface area contributed by atoms with E-state index >= 15 is 0 Å². The highest BCUT2D eigenvalue weighted by Gasteiger charge is 2.29. The van der Waals surface area contributed by atoms with Gasteiger partial charge in [-0.15, -0.1) is 0 Å². The summed E-state index contributed by atoms with van der Waals surface area (Å²) < 4.78 is 7.79. The summed E-state index contributed by atoms with van der Waals surface area (Å²) in [5.74, 6) is 0.382. The van der Waals surface area contributed by atoms with E-state index in [1.54, 1.807) is 31.4 Å². The molecular formula is C36H42N6O3. The molecule has 0 spiro atoms. The van der Waals surface area contributed by atoms with Crippen LogP contribution in [0.1, 0.15) is 54.0 Å². The molecule has 3 amide bonds. The Bertz CT molecular complexity index is 1660. The zero-order valence-electron chi connectivity index (χ0n) is 26.1. The Balaban J connectivity index is 1.15. The van der Waals surface area contributed by atoms with E-state index < -0.39 is 0 Å². The standard InChI is InChI=1S/C36H42N6O3/c1-25-32-8-3-4-9-33(32)42(19-6-20-45-2)35(25)28-7-5-18-41(24-28)34(43)22-29(38)21-26-10-14-30(15-11-26)39-36(44)40-31-16-12-27(23-37)13-17-31/h3-4,8-17,28-29H,5-7,18-22,24,38H2,1-2H3,(H2,39,40,44). The minimum absolute atomic E-state index is 0.102. The zero-order valence-corrected chi connectivity index (χ0v) is 26.1. The summed E-state index contributed by atoms with van der Waals surface area (Å²) in [6.45, 7) is 5.28. The molecule has 1 aliphatic heterocycles. The van der Waals surface area contributed by atoms with Crippen LogP contribution in [0.3, 0.4) is 0 Å². The number of likely N-dealkylation sites (tertiary alicyclic amines) is 1. The second kappa shape index (κ2) is 14.9. The van der Waals surface area contributed by atoms with E-state index in [0.29, 0.717) is 36.5 Å². The van der Waals surface area contributed by atoms with Crippen molar-refractivity contribution in [1.82, 2.24) is 9.47 Å². The first-order valence-corrected chi connectivity index (χ1v) is 15.6. The number of carbonyl (C=O) groups excluding carboxylic acids is 2. The number of nitrogens with one attached hydrogen (secondary N) is 2. The molecule has 2 atom stereocenters. The van der Waals surface area contributed by atoms with Gasteiger partial charge in [-0.25, -0.2) is 4.79 Å². The second-order valence-electron chi connectivity index (χ2n) is 11.8. The molecule has 1 aromatic heterocycles. The maximum atomic E-state index is 13.4. The molecule has 9 heteroatoms. The van der Waals surface area contributed by atoms with Crippen LogP contribution >= 0.6 is 0 Å². The molecule has 2 unspecified atom stereocenters. The Morgan fingerprint density at radius 2 is 1.73 bits per heavy atom. The fourth-order valence-electron chi connectivity index (χ4n) is 6.43. The van der Waals surface area contributed by atoms with Crippen LogP contribution in [0.4, 0.5) is 16.2 Å². The van der Waals surface area contributed by atoms with Crippen molar-refractivity contribution in [2.24, 2.45) is 5.73 Å². The molecule has 1 fully saturated rings. The van der Waals surface area contributed by atoms with Crippen LogP contribution in [-0.2, 0) is 22.5 Å². The molecule has 234 valence electrons. The van der Waals surface area contributed by atoms with Gasteiger partial charge in [-0.1, -0.05) is 30.3 Å². The van der Waals surface area contributed by atoms with Crippen molar-refractivity contribution in [2.75, 3.05) is 37.4 Å². The summed E-state index contributed by atoms with van der Waals surface area (Å²) in [7, 11) is 1.74. The van der Waals surface area contributed by atoms with E-state index in [4.69, 9.17) is 15.7 Å². The van der Waals surface area contributed by atoms with Crippen LogP contribution in [0, 0.1) is 18.3 Å². The van der Waals surface area contributed by atoms with Gasteiger partial charge in [0, 0.05) is 79.7 Å². The number of aryl methyl sites for hydroxylation is 2. The van der Waals surface area contributed by atoms with Crippen LogP contribution in [0.25, 0.3) is 10.9 Å². The molecule has 9 nitrogen and oxygen atoms in total. The van der Waals surface area contributed by atoms with E-state index in [2.05, 4.69) is 52.5 Å². The number of urea groups is 1. The number of nitrogens with two attached hydrogens (primary N) is 1. The average Bonchev–Trinajstić information content (AvgIpc) is 3.33. The summed E-state index contributed by atoms with van der Waals surface area (Å²) in [6, 6.07) is 24.1. The molecule has 1 aliphatic rings. The third-order valence-corrected chi connectivity index (χ3v) is 8.58. The fourth-order valence-corrected chi connectivity index (χ4v) is 6.43. The largest absolute Gasteiger partial charge is 0.385 e. The smallest absolute Gasteiger partial charge is 0.323 e. The maximum Gasteiger partial charge on any atom is 0.323 e. The summed E-state index contributed by atoms with van der Waals surface area (Å²) in [4.78, 5) is 27.8. The van der Waals surface area contributed by atoms with Gasteiger partial charge >= 0.3 is 6.03 Å². The number of aromatic nitrogens is 1. The Kier molecular flexibility index (Phi) is 10.5. The monoisotopic (exact) mass is 606 g/mol. The number of nitrogens with zero attached hydrogens (tertiary/aromatic N) is 3. The Hall–Kier alpha value is -4.65. The van der Waals surface area contributed by atoms with Crippen LogP contribution in [-0.4, -0.2) is 54.3 Å². The van der Waals surface area contributed by atoms with Gasteiger partial charge in [0.25, 0.3) is 0 Å². The van der Waals surface area contributed by atoms with Crippen LogP contribution in [0.2, 0.25) is 0 Å². The van der Waals surface area contributed by atoms with Crippen LogP contribution < -0.4 is 16.4 Å². The quantitative estimate of drug-likeness (QED) is 0.176. The molecule has 4 N–H and O–H groups in total. The molecule has 5 rings (SSSR count). The topological polar surface area (TPSA) is 125 Å². The molecule has 0 aliphatic carbocycles. The van der Waals surface area contributed by atoms with Gasteiger partial charge < -0.3 is 30.6 Å². The van der Waals surface area contributed by atoms with E-state index in [1.807, 2.05) is 29.2 Å². The van der Waals surface area contributed by atoms with Crippen molar-refractivity contribution >= 4 is 34.2 Å². The molecule has 45 heavy (non-hydrogen) atoms. The molecular weight excluding hydrogens is 564 g/mol. The molecule has 0 bridgehead atoms. The van der Waals surface area contributed by atoms with Gasteiger partial charge in [0.2, 0.25) is 5.91 Å². The normalized spacial score (nSPS) is 15.4. The first kappa shape index (κ1) is 31.8. The number of para-hydroxylation sites is 1. The molecule has 1 saturated heterocycles. The van der Waals surface area contributed by atoms with Gasteiger partial charge in [-0.05, 0) is 86.2 Å². The average molecular weight is 607 g/mol. The lowest BCUT2D eigenvalue weighted by Crippen LogP contribution is -2.42. The van der Waals surface area contributed by atoms with Gasteiger partial charge in [-0.2, -0.15) is 5.26 Å². The molecule has 2 heterocycles. The van der Waals surface area contributed by atoms with Gasteiger partial charge in [0.15, 0.2) is 0 Å². The fraction of sp³-hybridized carbons (Fsp3) is 0.361. The number of benzene rings is 3. The predicted molar refractivity (Wildman–Crippen MR) is 178 cm³/mol. The molecule has 3 aromatic carbocycles. The van der Waals surface area contributed by atoms with Crippen molar-refractivity contribution in [3.05, 3.63) is 95.2 Å². The summed E-state index contributed by atoms with van der Waals surface area (Å²) >= 11 is 0. The lowest BCUT2D eigenvalue weighted by atomic mass is 9.91. The number of piperidine rings is 1. The number of hydrogen-bond donors (Lipinski definition) is 3. The highest BCUT2D eigenvalue weighted by molar-refractivity contribution is 5.99. The third-order valence-electron chi connectivity index (χ3n) is 8.58. The Labute approximate surface area is 265 Å². The third kappa shape index (κ3) is 7.90. The minimum Gasteiger partial charge on any atom is -0.385 e. The first-order valence-electron chi connectivity index (χ1n) is 15.6. The maximum absolute atomic E-state index is 13.4. The summed E-state index contributed by atoms with van der Waals surface area (Å²) in [5.41, 5.74) is 13.2. The highest BCUT2D eigenvalue weighted by Crippen LogP contribution is 2.36. The van der Waals surface area contributed by atoms with Crippen LogP contribution in [0.5, 0.6) is 0 Å². The Morgan fingerprint density at radius 3 is 2.42 bits per heavy atom. The van der Waals surface area contributed by atoms with Gasteiger partial charge in [0.1, 0.15) is 0 Å². The highest BCUT2D eigenvalue weighted by atomic mass is 16.5. The number of ether oxygens (including phenoxy) is 1. The van der Waals surface area contributed by atoms with Crippen molar-refractivity contribution in [3.63, 3.8) is 0 Å². The number of rotatable bonds is 11. The zero-order chi connectivity index (χ0) is 31.8. The van der Waals surface area contributed by atoms with Crippen molar-refractivity contribution < 1.29 is 14.3 Å². The number of carbonyl (C=O) groups is 2. The molecule has 4 aromatic rings. The van der Waals surface area contributed by atoms with Gasteiger partial charge in [0.05, 0.1) is 11.6 Å². The van der Waals surface area contributed by atoms with Crippen molar-refractivity contribution in [3.8, 4) is 6.07 Å². The summed E-state index contributed by atoms with van der Waals surface area (Å²) in [5, 5.41) is 15.8. The number of nitriles is 1. The number of fused-ring (bicyclic) bond motifs is 1. The van der Waals surface area contributed by atoms with Gasteiger partial charge in [-0.3, -0.25) is 4.79 Å². The van der Waals surface area contributed by atoms with E-state index in [0.717, 1.165) is 37.9 Å². The van der Waals surface area contributed by atoms with Crippen molar-refractivity contribution in [2.45, 2.75) is 57.5 Å². The summed E-state index contributed by atoms with van der Waals surface area (Å²) in [6.07, 6.45) is 3.82. The van der Waals surface area contributed by atoms with E-state index in [1.165, 1.54) is 22.2 Å². The Morgan fingerprint density at radius 1 is 1.04 bits per heavy atom. The second-order valence-corrected chi connectivity index (χ2v) is 11.8. The SMILES string of the molecule is COCCCn1c(C2CCCN(C(=O)CC(N)Cc3ccc(NC(=O)Nc4ccc(C#N)cc4)cc3)C2)c(C)c2ccccc21. The lowest BCUT2D eigenvalue weighted by molar-refractivity contribution is -0.132. The molecule has 0 radical (unpaired) electrons. The van der Waals surface area contributed by atoms with E-state index in [-0.39, 0.29) is 30.3 Å². The lowest BCUT2D eigenvalue weighted by Gasteiger charge is -2.34. The number of hydrogen-bond acceptors (Lipinski definition) is 5.